The van der Waals surface area contributed by atoms with Crippen LogP contribution in [0.1, 0.15) is 49.3 Å². The van der Waals surface area contributed by atoms with Gasteiger partial charge in [-0.3, -0.25) is 4.79 Å². The van der Waals surface area contributed by atoms with E-state index in [-0.39, 0.29) is 16.9 Å². The number of aryl methyl sites for hydroxylation is 1. The Labute approximate surface area is 149 Å². The summed E-state index contributed by atoms with van der Waals surface area (Å²) >= 11 is 0. The fourth-order valence-electron chi connectivity index (χ4n) is 3.95. The molecule has 5 heteroatoms. The second-order valence-electron chi connectivity index (χ2n) is 7.55. The van der Waals surface area contributed by atoms with Gasteiger partial charge in [-0.2, -0.15) is 0 Å². The van der Waals surface area contributed by atoms with Crippen LogP contribution in [-0.4, -0.2) is 34.2 Å². The molecule has 1 fully saturated rings. The Balaban J connectivity index is 1.73. The summed E-state index contributed by atoms with van der Waals surface area (Å²) in [7, 11) is 1.83. The summed E-state index contributed by atoms with van der Waals surface area (Å²) in [6.07, 6.45) is 6.23. The molecule has 1 aliphatic heterocycles. The predicted molar refractivity (Wildman–Crippen MR) is 97.5 cm³/mol. The van der Waals surface area contributed by atoms with E-state index in [0.717, 1.165) is 25.9 Å². The molecular formula is C20H27N3O2. The third-order valence-corrected chi connectivity index (χ3v) is 5.14. The number of ether oxygens (including phenoxy) is 1. The molecule has 134 valence electrons. The van der Waals surface area contributed by atoms with Crippen molar-refractivity contribution in [2.45, 2.75) is 44.1 Å². The first-order valence-electron chi connectivity index (χ1n) is 8.87. The lowest BCUT2D eigenvalue weighted by Crippen LogP contribution is -2.45. The maximum Gasteiger partial charge on any atom is 0.287 e. The molecule has 1 aromatic carbocycles. The highest BCUT2D eigenvalue weighted by Gasteiger charge is 2.41. The summed E-state index contributed by atoms with van der Waals surface area (Å²) in [5.41, 5.74) is 1.20. The maximum atomic E-state index is 12.3. The fourth-order valence-corrected chi connectivity index (χ4v) is 3.95. The normalized spacial score (nSPS) is 22.5. The Morgan fingerprint density at radius 3 is 2.72 bits per heavy atom. The molecular weight excluding hydrogens is 314 g/mol. The lowest BCUT2D eigenvalue weighted by Gasteiger charge is -2.45. The van der Waals surface area contributed by atoms with Crippen LogP contribution in [0, 0.1) is 0 Å². The molecule has 2 aromatic rings. The minimum absolute atomic E-state index is 0.0257. The molecule has 0 radical (unpaired) electrons. The zero-order valence-electron chi connectivity index (χ0n) is 15.3. The molecule has 0 spiro atoms. The molecule has 1 saturated heterocycles. The van der Waals surface area contributed by atoms with Gasteiger partial charge >= 0.3 is 0 Å². The lowest BCUT2D eigenvalue weighted by molar-refractivity contribution is -0.0838. The van der Waals surface area contributed by atoms with Crippen LogP contribution in [0.3, 0.4) is 0 Å². The van der Waals surface area contributed by atoms with Gasteiger partial charge in [-0.1, -0.05) is 30.3 Å². The van der Waals surface area contributed by atoms with Crippen molar-refractivity contribution in [3.05, 3.63) is 54.1 Å². The third-order valence-electron chi connectivity index (χ3n) is 5.14. The van der Waals surface area contributed by atoms with Crippen molar-refractivity contribution in [1.82, 2.24) is 14.9 Å². The third kappa shape index (κ3) is 3.93. The number of carbonyl (C=O) groups is 1. The quantitative estimate of drug-likeness (QED) is 0.909. The average Bonchev–Trinajstić information content (AvgIpc) is 3.01. The number of hydrogen-bond acceptors (Lipinski definition) is 3. The van der Waals surface area contributed by atoms with E-state index in [0.29, 0.717) is 12.4 Å². The van der Waals surface area contributed by atoms with Gasteiger partial charge in [0, 0.05) is 38.0 Å². The zero-order chi connectivity index (χ0) is 17.9. The van der Waals surface area contributed by atoms with Crippen molar-refractivity contribution in [1.29, 1.82) is 0 Å². The number of carbonyl (C=O) groups excluding carboxylic acids is 1. The molecule has 1 aromatic heterocycles. The number of rotatable bonds is 5. The number of nitrogens with one attached hydrogen (secondary N) is 1. The highest BCUT2D eigenvalue weighted by atomic mass is 16.5. The molecule has 1 aliphatic rings. The number of amides is 1. The van der Waals surface area contributed by atoms with E-state index in [1.165, 1.54) is 5.56 Å². The van der Waals surface area contributed by atoms with E-state index in [9.17, 15) is 4.79 Å². The molecule has 0 aliphatic carbocycles. The van der Waals surface area contributed by atoms with Crippen molar-refractivity contribution in [3.8, 4) is 0 Å². The summed E-state index contributed by atoms with van der Waals surface area (Å²) in [6.45, 7) is 5.67. The monoisotopic (exact) mass is 341 g/mol. The molecule has 5 nitrogen and oxygen atoms in total. The Kier molecular flexibility index (Phi) is 4.95. The van der Waals surface area contributed by atoms with Crippen LogP contribution in [0.25, 0.3) is 0 Å². The number of hydrogen-bond donors (Lipinski definition) is 1. The van der Waals surface area contributed by atoms with Crippen molar-refractivity contribution >= 4 is 5.91 Å². The largest absolute Gasteiger partial charge is 0.376 e. The van der Waals surface area contributed by atoms with E-state index in [4.69, 9.17) is 4.74 Å². The van der Waals surface area contributed by atoms with Crippen molar-refractivity contribution in [3.63, 3.8) is 0 Å². The van der Waals surface area contributed by atoms with Gasteiger partial charge in [-0.25, -0.2) is 4.98 Å². The van der Waals surface area contributed by atoms with Gasteiger partial charge in [-0.15, -0.1) is 0 Å². The molecule has 3 rings (SSSR count). The molecule has 1 N–H and O–H groups in total. The van der Waals surface area contributed by atoms with E-state index >= 15 is 0 Å². The van der Waals surface area contributed by atoms with Crippen LogP contribution in [-0.2, 0) is 17.2 Å². The van der Waals surface area contributed by atoms with Gasteiger partial charge in [0.1, 0.15) is 0 Å². The average molecular weight is 341 g/mol. The van der Waals surface area contributed by atoms with Gasteiger partial charge in [-0.05, 0) is 38.7 Å². The number of benzene rings is 1. The first kappa shape index (κ1) is 17.7. The van der Waals surface area contributed by atoms with Gasteiger partial charge in [0.15, 0.2) is 5.82 Å². The van der Waals surface area contributed by atoms with Crippen LogP contribution in [0.5, 0.6) is 0 Å². The summed E-state index contributed by atoms with van der Waals surface area (Å²) in [5, 5.41) is 3.03. The fraction of sp³-hybridized carbons (Fsp3) is 0.500. The SMILES string of the molecule is Cn1ccnc1C(=O)NCC[C@@]1(c2ccccc2)CCOC(C)(C)C1. The second kappa shape index (κ2) is 7.00. The van der Waals surface area contributed by atoms with Crippen LogP contribution >= 0.6 is 0 Å². The highest BCUT2D eigenvalue weighted by molar-refractivity contribution is 5.90. The van der Waals surface area contributed by atoms with Crippen LogP contribution in [0.15, 0.2) is 42.7 Å². The maximum absolute atomic E-state index is 12.3. The van der Waals surface area contributed by atoms with Gasteiger partial charge in [0.25, 0.3) is 5.91 Å². The minimum atomic E-state index is -0.155. The number of nitrogens with zero attached hydrogens (tertiary/aromatic N) is 2. The Bertz CT molecular complexity index is 724. The Hall–Kier alpha value is -2.14. The minimum Gasteiger partial charge on any atom is -0.376 e. The van der Waals surface area contributed by atoms with Gasteiger partial charge in [0.05, 0.1) is 5.60 Å². The van der Waals surface area contributed by atoms with Gasteiger partial charge < -0.3 is 14.6 Å². The first-order chi connectivity index (χ1) is 11.9. The predicted octanol–water partition coefficient (Wildman–Crippen LogP) is 3.07. The summed E-state index contributed by atoms with van der Waals surface area (Å²) in [6, 6.07) is 10.6. The van der Waals surface area contributed by atoms with Crippen molar-refractivity contribution in [2.24, 2.45) is 7.05 Å². The number of aromatic nitrogens is 2. The highest BCUT2D eigenvalue weighted by Crippen LogP contribution is 2.43. The Morgan fingerprint density at radius 1 is 1.32 bits per heavy atom. The molecule has 0 saturated carbocycles. The zero-order valence-corrected chi connectivity index (χ0v) is 15.3. The summed E-state index contributed by atoms with van der Waals surface area (Å²) < 4.78 is 7.68. The summed E-state index contributed by atoms with van der Waals surface area (Å²) in [4.78, 5) is 16.4. The molecule has 2 heterocycles. The van der Waals surface area contributed by atoms with Crippen LogP contribution in [0.2, 0.25) is 0 Å². The van der Waals surface area contributed by atoms with E-state index in [1.54, 1.807) is 17.0 Å². The van der Waals surface area contributed by atoms with Gasteiger partial charge in [0.2, 0.25) is 0 Å². The van der Waals surface area contributed by atoms with Crippen molar-refractivity contribution < 1.29 is 9.53 Å². The molecule has 0 unspecified atom stereocenters. The van der Waals surface area contributed by atoms with Crippen molar-refractivity contribution in [2.75, 3.05) is 13.2 Å². The lowest BCUT2D eigenvalue weighted by atomic mass is 9.67. The second-order valence-corrected chi connectivity index (χ2v) is 7.55. The molecule has 25 heavy (non-hydrogen) atoms. The standard InChI is InChI=1S/C20H27N3O2/c1-19(2)15-20(10-14-25-19,16-7-5-4-6-8-16)9-11-22-18(24)17-21-12-13-23(17)3/h4-8,12-13H,9-11,14-15H2,1-3H3,(H,22,24)/t20-/m1/s1. The van der Waals surface area contributed by atoms with E-state index < -0.39 is 0 Å². The first-order valence-corrected chi connectivity index (χ1v) is 8.87. The smallest absolute Gasteiger partial charge is 0.287 e. The van der Waals surface area contributed by atoms with Crippen LogP contribution in [0.4, 0.5) is 0 Å². The topological polar surface area (TPSA) is 56.2 Å². The molecule has 1 atom stereocenters. The van der Waals surface area contributed by atoms with E-state index in [1.807, 2.05) is 13.1 Å². The Morgan fingerprint density at radius 2 is 2.08 bits per heavy atom. The number of imidazole rings is 1. The molecule has 0 bridgehead atoms. The molecule has 1 amide bonds. The van der Waals surface area contributed by atoms with E-state index in [2.05, 4.69) is 48.4 Å². The summed E-state index contributed by atoms with van der Waals surface area (Å²) in [5.74, 6) is 0.322. The van der Waals surface area contributed by atoms with Crippen LogP contribution < -0.4 is 5.32 Å².